The number of hydrogen-bond acceptors (Lipinski definition) is 3. The summed E-state index contributed by atoms with van der Waals surface area (Å²) < 4.78 is 0. The zero-order chi connectivity index (χ0) is 26.1. The Hall–Kier alpha value is -4.50. The maximum absolute atomic E-state index is 13.5. The third-order valence-electron chi connectivity index (χ3n) is 7.49. The molecule has 3 nitrogen and oxygen atoms in total. The van der Waals surface area contributed by atoms with Gasteiger partial charge in [0, 0.05) is 27.8 Å². The summed E-state index contributed by atoms with van der Waals surface area (Å²) in [6.45, 7) is 4.11. The van der Waals surface area contributed by atoms with Gasteiger partial charge in [-0.1, -0.05) is 105 Å². The second kappa shape index (κ2) is 9.75. The second-order valence-electron chi connectivity index (χ2n) is 10.5. The average molecular weight is 495 g/mol. The van der Waals surface area contributed by atoms with Gasteiger partial charge >= 0.3 is 0 Å². The van der Waals surface area contributed by atoms with Crippen molar-refractivity contribution in [1.29, 1.82) is 0 Å². The molecule has 1 aliphatic carbocycles. The highest BCUT2D eigenvalue weighted by Crippen LogP contribution is 2.43. The fourth-order valence-corrected chi connectivity index (χ4v) is 5.30. The summed E-state index contributed by atoms with van der Waals surface area (Å²) in [6, 6.07) is 41.5. The Morgan fingerprint density at radius 3 is 2.13 bits per heavy atom. The van der Waals surface area contributed by atoms with Gasteiger partial charge in [-0.05, 0) is 54.3 Å². The molecule has 0 atom stereocenters. The van der Waals surface area contributed by atoms with E-state index in [9.17, 15) is 4.79 Å². The van der Waals surface area contributed by atoms with Gasteiger partial charge in [-0.25, -0.2) is 4.98 Å². The number of aryl methyl sites for hydroxylation is 1. The maximum atomic E-state index is 13.5. The largest absolute Gasteiger partial charge is 0.294 e. The van der Waals surface area contributed by atoms with E-state index >= 15 is 0 Å². The minimum Gasteiger partial charge on any atom is -0.294 e. The Morgan fingerprint density at radius 1 is 0.684 bits per heavy atom. The van der Waals surface area contributed by atoms with E-state index in [1.54, 1.807) is 0 Å². The molecule has 186 valence electrons. The number of aromatic nitrogens is 1. The van der Waals surface area contributed by atoms with E-state index in [-0.39, 0.29) is 11.2 Å². The van der Waals surface area contributed by atoms with Crippen molar-refractivity contribution in [3.8, 4) is 22.4 Å². The lowest BCUT2D eigenvalue weighted by Gasteiger charge is -2.32. The number of anilines is 3. The van der Waals surface area contributed by atoms with Gasteiger partial charge in [0.2, 0.25) is 0 Å². The van der Waals surface area contributed by atoms with Crippen LogP contribution in [0.25, 0.3) is 22.4 Å². The van der Waals surface area contributed by atoms with Crippen LogP contribution in [0.2, 0.25) is 0 Å². The molecule has 0 fully saturated rings. The lowest BCUT2D eigenvalue weighted by atomic mass is 9.73. The highest BCUT2D eigenvalue weighted by molar-refractivity contribution is 6.03. The first kappa shape index (κ1) is 23.9. The molecule has 0 spiro atoms. The van der Waals surface area contributed by atoms with Crippen molar-refractivity contribution in [3.63, 3.8) is 0 Å². The summed E-state index contributed by atoms with van der Waals surface area (Å²) in [6.07, 6.45) is 1.79. The van der Waals surface area contributed by atoms with Gasteiger partial charge < -0.3 is 0 Å². The van der Waals surface area contributed by atoms with Crippen molar-refractivity contribution in [2.45, 2.75) is 26.7 Å². The molecule has 4 aromatic carbocycles. The monoisotopic (exact) mass is 494 g/mol. The fraction of sp³-hybridized carbons (Fsp3) is 0.143. The maximum Gasteiger partial charge on any atom is 0.168 e. The average Bonchev–Trinajstić information content (AvgIpc) is 2.97. The summed E-state index contributed by atoms with van der Waals surface area (Å²) in [5.74, 6) is 1.01. The molecule has 38 heavy (non-hydrogen) atoms. The van der Waals surface area contributed by atoms with E-state index in [0.717, 1.165) is 63.5 Å². The van der Waals surface area contributed by atoms with E-state index < -0.39 is 0 Å². The highest BCUT2D eigenvalue weighted by Gasteiger charge is 2.34. The number of Topliss-reactive ketones (excluding diaryl/α,β-unsaturated/α-hetero) is 1. The van der Waals surface area contributed by atoms with E-state index in [0.29, 0.717) is 0 Å². The molecular formula is C35H30N2O. The van der Waals surface area contributed by atoms with Crippen molar-refractivity contribution in [2.24, 2.45) is 5.41 Å². The standard InChI is InChI=1S/C35H30N2O/c1-35(2)23-22-26-20-21-28(24-30(26)34(35)38)37(32-18-10-9-16-29(32)25-12-5-3-6-13-25)33-19-11-17-31(36-33)27-14-7-4-8-15-27/h3-21,24H,22-23H2,1-2H3. The van der Waals surface area contributed by atoms with Crippen LogP contribution in [0.15, 0.2) is 121 Å². The minimum absolute atomic E-state index is 0.211. The van der Waals surface area contributed by atoms with Gasteiger partial charge in [-0.3, -0.25) is 9.69 Å². The van der Waals surface area contributed by atoms with E-state index in [2.05, 4.69) is 104 Å². The number of para-hydroxylation sites is 1. The first-order chi connectivity index (χ1) is 18.5. The first-order valence-electron chi connectivity index (χ1n) is 13.2. The molecule has 1 heterocycles. The van der Waals surface area contributed by atoms with E-state index in [4.69, 9.17) is 4.98 Å². The molecule has 3 heteroatoms. The summed E-state index contributed by atoms with van der Waals surface area (Å²) in [4.78, 5) is 20.8. The van der Waals surface area contributed by atoms with Gasteiger partial charge in [-0.2, -0.15) is 0 Å². The van der Waals surface area contributed by atoms with Crippen LogP contribution in [0, 0.1) is 5.41 Å². The third-order valence-corrected chi connectivity index (χ3v) is 7.49. The van der Waals surface area contributed by atoms with Crippen LogP contribution >= 0.6 is 0 Å². The Bertz CT molecular complexity index is 1610. The van der Waals surface area contributed by atoms with Crippen molar-refractivity contribution < 1.29 is 4.79 Å². The lowest BCUT2D eigenvalue weighted by Crippen LogP contribution is -2.30. The number of benzene rings is 4. The Morgan fingerprint density at radius 2 is 1.37 bits per heavy atom. The molecule has 0 N–H and O–H groups in total. The van der Waals surface area contributed by atoms with Crippen molar-refractivity contribution in [3.05, 3.63) is 132 Å². The van der Waals surface area contributed by atoms with Crippen molar-refractivity contribution >= 4 is 23.0 Å². The minimum atomic E-state index is -0.357. The molecule has 5 aromatic rings. The first-order valence-corrected chi connectivity index (χ1v) is 13.2. The van der Waals surface area contributed by atoms with Gasteiger partial charge in [0.15, 0.2) is 5.78 Å². The van der Waals surface area contributed by atoms with Gasteiger partial charge in [0.1, 0.15) is 5.82 Å². The number of ketones is 1. The van der Waals surface area contributed by atoms with Crippen LogP contribution in [-0.2, 0) is 6.42 Å². The molecule has 6 rings (SSSR count). The SMILES string of the molecule is CC1(C)CCc2ccc(N(c3cccc(-c4ccccc4)n3)c3ccccc3-c3ccccc3)cc2C1=O. The number of pyridine rings is 1. The van der Waals surface area contributed by atoms with Crippen molar-refractivity contribution in [1.82, 2.24) is 4.98 Å². The molecule has 0 aliphatic heterocycles. The number of rotatable bonds is 5. The van der Waals surface area contributed by atoms with Gasteiger partial charge in [0.05, 0.1) is 11.4 Å². The Balaban J connectivity index is 1.57. The van der Waals surface area contributed by atoms with Gasteiger partial charge in [-0.15, -0.1) is 0 Å². The molecule has 0 saturated carbocycles. The number of hydrogen-bond donors (Lipinski definition) is 0. The molecule has 0 radical (unpaired) electrons. The summed E-state index contributed by atoms with van der Waals surface area (Å²) in [7, 11) is 0. The fourth-order valence-electron chi connectivity index (χ4n) is 5.30. The Labute approximate surface area is 224 Å². The molecule has 0 saturated heterocycles. The number of carbonyl (C=O) groups excluding carboxylic acids is 1. The molecule has 0 unspecified atom stereocenters. The van der Waals surface area contributed by atoms with E-state index in [1.807, 2.05) is 36.4 Å². The number of fused-ring (bicyclic) bond motifs is 1. The molecule has 0 amide bonds. The van der Waals surface area contributed by atoms with Crippen LogP contribution in [0.5, 0.6) is 0 Å². The smallest absolute Gasteiger partial charge is 0.168 e. The topological polar surface area (TPSA) is 33.2 Å². The van der Waals surface area contributed by atoms with Crippen LogP contribution in [-0.4, -0.2) is 10.8 Å². The number of nitrogens with zero attached hydrogens (tertiary/aromatic N) is 2. The molecule has 1 aliphatic rings. The second-order valence-corrected chi connectivity index (χ2v) is 10.5. The molecule has 0 bridgehead atoms. The Kier molecular flexibility index (Phi) is 6.13. The lowest BCUT2D eigenvalue weighted by molar-refractivity contribution is 0.0811. The zero-order valence-corrected chi connectivity index (χ0v) is 21.8. The zero-order valence-electron chi connectivity index (χ0n) is 21.8. The number of carbonyl (C=O) groups is 1. The molecule has 1 aromatic heterocycles. The van der Waals surface area contributed by atoms with Crippen molar-refractivity contribution in [2.75, 3.05) is 4.90 Å². The van der Waals surface area contributed by atoms with Crippen LogP contribution < -0.4 is 4.90 Å². The summed E-state index contributed by atoms with van der Waals surface area (Å²) >= 11 is 0. The van der Waals surface area contributed by atoms with Crippen LogP contribution in [0.1, 0.15) is 36.2 Å². The normalized spacial score (nSPS) is 14.1. The van der Waals surface area contributed by atoms with Crippen LogP contribution in [0.3, 0.4) is 0 Å². The van der Waals surface area contributed by atoms with E-state index in [1.165, 1.54) is 0 Å². The van der Waals surface area contributed by atoms with Crippen LogP contribution in [0.4, 0.5) is 17.2 Å². The summed E-state index contributed by atoms with van der Waals surface area (Å²) in [5, 5.41) is 0. The quantitative estimate of drug-likeness (QED) is 0.244. The third kappa shape index (κ3) is 4.41. The predicted octanol–water partition coefficient (Wildman–Crippen LogP) is 9.04. The predicted molar refractivity (Wildman–Crippen MR) is 156 cm³/mol. The highest BCUT2D eigenvalue weighted by atomic mass is 16.1. The summed E-state index contributed by atoms with van der Waals surface area (Å²) in [5.41, 5.74) is 7.72. The molecular weight excluding hydrogens is 464 g/mol. The van der Waals surface area contributed by atoms with Gasteiger partial charge in [0.25, 0.3) is 0 Å².